The molecule has 11 nitrogen and oxygen atoms in total. The molecule has 0 fully saturated rings. The molecule has 12 heteroatoms. The van der Waals surface area contributed by atoms with E-state index in [4.69, 9.17) is 5.73 Å². The second-order valence-electron chi connectivity index (χ2n) is 5.94. The zero-order valence-corrected chi connectivity index (χ0v) is 16.7. The lowest BCUT2D eigenvalue weighted by molar-refractivity contribution is 0.0950. The van der Waals surface area contributed by atoms with E-state index in [1.807, 2.05) is 6.07 Å². The van der Waals surface area contributed by atoms with Crippen molar-refractivity contribution in [3.8, 4) is 22.8 Å². The Hall–Kier alpha value is -4.06. The van der Waals surface area contributed by atoms with Crippen molar-refractivity contribution in [2.75, 3.05) is 5.73 Å². The summed E-state index contributed by atoms with van der Waals surface area (Å²) >= 11 is 3.31. The highest BCUT2D eigenvalue weighted by Crippen LogP contribution is 2.26. The standard InChI is InChI=1S/C18H13BrN8O3/c19-12-6-7-13(28)11(8-12)9-21-23-18(29)14-15(10-4-2-1-3-5-10)27(26-22-14)17-16(20)24-30-25-17/h1-9,28H,(H2,20,24)(H,23,29). The number of aromatic hydroxyl groups is 1. The molecule has 0 aliphatic heterocycles. The van der Waals surface area contributed by atoms with Gasteiger partial charge in [-0.05, 0) is 28.5 Å². The molecule has 4 aromatic rings. The first-order valence-electron chi connectivity index (χ1n) is 8.46. The van der Waals surface area contributed by atoms with Crippen LogP contribution in [0.4, 0.5) is 5.82 Å². The number of nitrogen functional groups attached to an aromatic ring is 1. The summed E-state index contributed by atoms with van der Waals surface area (Å²) in [4.78, 5) is 12.7. The van der Waals surface area contributed by atoms with Crippen molar-refractivity contribution in [2.45, 2.75) is 0 Å². The number of hydrogen-bond acceptors (Lipinski definition) is 9. The molecule has 0 saturated carbocycles. The number of phenols is 1. The number of carbonyl (C=O) groups excluding carboxylic acids is 1. The normalized spacial score (nSPS) is 11.1. The minimum Gasteiger partial charge on any atom is -0.507 e. The predicted molar refractivity (Wildman–Crippen MR) is 110 cm³/mol. The Bertz CT molecular complexity index is 1240. The molecule has 0 unspecified atom stereocenters. The fourth-order valence-corrected chi connectivity index (χ4v) is 3.00. The van der Waals surface area contributed by atoms with E-state index in [1.165, 1.54) is 17.0 Å². The van der Waals surface area contributed by atoms with Gasteiger partial charge in [0.25, 0.3) is 5.91 Å². The van der Waals surface area contributed by atoms with Crippen molar-refractivity contribution < 1.29 is 14.5 Å². The Balaban J connectivity index is 1.68. The third-order valence-electron chi connectivity index (χ3n) is 3.99. The fraction of sp³-hybridized carbons (Fsp3) is 0. The molecule has 0 aliphatic carbocycles. The highest BCUT2D eigenvalue weighted by molar-refractivity contribution is 9.10. The average Bonchev–Trinajstić information content (AvgIpc) is 3.37. The van der Waals surface area contributed by atoms with Gasteiger partial charge in [-0.2, -0.15) is 9.78 Å². The number of hydrazone groups is 1. The number of rotatable bonds is 5. The molecule has 0 radical (unpaired) electrons. The van der Waals surface area contributed by atoms with Crippen molar-refractivity contribution in [2.24, 2.45) is 5.10 Å². The van der Waals surface area contributed by atoms with E-state index >= 15 is 0 Å². The van der Waals surface area contributed by atoms with Gasteiger partial charge in [0.1, 0.15) is 11.4 Å². The number of halogens is 1. The molecular formula is C18H13BrN8O3. The summed E-state index contributed by atoms with van der Waals surface area (Å²) in [6, 6.07) is 13.8. The van der Waals surface area contributed by atoms with Crippen LogP contribution in [-0.2, 0) is 0 Å². The Morgan fingerprint density at radius 2 is 2.03 bits per heavy atom. The summed E-state index contributed by atoms with van der Waals surface area (Å²) in [6.07, 6.45) is 1.31. The molecule has 2 aromatic heterocycles. The lowest BCUT2D eigenvalue weighted by Gasteiger charge is -2.05. The maximum absolute atomic E-state index is 12.7. The van der Waals surface area contributed by atoms with Gasteiger partial charge in [0.05, 0.1) is 6.21 Å². The van der Waals surface area contributed by atoms with E-state index in [0.717, 1.165) is 4.47 Å². The van der Waals surface area contributed by atoms with Crippen molar-refractivity contribution in [1.29, 1.82) is 0 Å². The van der Waals surface area contributed by atoms with Crippen LogP contribution in [0.3, 0.4) is 0 Å². The van der Waals surface area contributed by atoms with Crippen LogP contribution in [0, 0.1) is 0 Å². The van der Waals surface area contributed by atoms with Crippen LogP contribution in [-0.4, -0.2) is 42.5 Å². The SMILES string of the molecule is Nc1nonc1-n1nnc(C(=O)NN=Cc2cc(Br)ccc2O)c1-c1ccccc1. The lowest BCUT2D eigenvalue weighted by atomic mass is 10.1. The molecule has 4 N–H and O–H groups in total. The van der Waals surface area contributed by atoms with E-state index in [0.29, 0.717) is 16.8 Å². The minimum atomic E-state index is -0.624. The number of phenolic OH excluding ortho intramolecular Hbond substituents is 1. The van der Waals surface area contributed by atoms with Gasteiger partial charge < -0.3 is 10.8 Å². The van der Waals surface area contributed by atoms with E-state index in [1.54, 1.807) is 36.4 Å². The van der Waals surface area contributed by atoms with Gasteiger partial charge >= 0.3 is 0 Å². The van der Waals surface area contributed by atoms with Crippen LogP contribution < -0.4 is 11.2 Å². The van der Waals surface area contributed by atoms with Crippen molar-refractivity contribution in [1.82, 2.24) is 30.7 Å². The summed E-state index contributed by atoms with van der Waals surface area (Å²) in [5.41, 5.74) is 9.52. The number of hydrogen-bond donors (Lipinski definition) is 3. The number of nitrogens with two attached hydrogens (primary N) is 1. The Morgan fingerprint density at radius 3 is 2.77 bits per heavy atom. The Morgan fingerprint density at radius 1 is 1.23 bits per heavy atom. The van der Waals surface area contributed by atoms with E-state index in [9.17, 15) is 9.90 Å². The van der Waals surface area contributed by atoms with Crippen molar-refractivity contribution in [3.05, 3.63) is 64.3 Å². The zero-order chi connectivity index (χ0) is 21.1. The molecule has 1 amide bonds. The molecule has 2 heterocycles. The molecule has 0 aliphatic rings. The minimum absolute atomic E-state index is 0.00723. The Labute approximate surface area is 177 Å². The zero-order valence-electron chi connectivity index (χ0n) is 15.1. The van der Waals surface area contributed by atoms with Gasteiger partial charge in [-0.3, -0.25) is 4.79 Å². The summed E-state index contributed by atoms with van der Waals surface area (Å²) in [6.45, 7) is 0. The number of carbonyl (C=O) groups is 1. The molecule has 2 aromatic carbocycles. The molecule has 0 atom stereocenters. The number of anilines is 1. The van der Waals surface area contributed by atoms with Gasteiger partial charge in [0.2, 0.25) is 11.6 Å². The highest BCUT2D eigenvalue weighted by atomic mass is 79.9. The summed E-state index contributed by atoms with van der Waals surface area (Å²) < 4.78 is 6.64. The monoisotopic (exact) mass is 468 g/mol. The van der Waals surface area contributed by atoms with Crippen LogP contribution in [0.15, 0.2) is 62.7 Å². The van der Waals surface area contributed by atoms with Gasteiger partial charge in [-0.25, -0.2) is 10.1 Å². The summed E-state index contributed by atoms with van der Waals surface area (Å²) in [5, 5.41) is 28.9. The van der Waals surface area contributed by atoms with Crippen LogP contribution in [0.2, 0.25) is 0 Å². The topological polar surface area (TPSA) is 157 Å². The molecule has 30 heavy (non-hydrogen) atoms. The van der Waals surface area contributed by atoms with Crippen LogP contribution in [0.1, 0.15) is 16.1 Å². The van der Waals surface area contributed by atoms with Gasteiger partial charge in [0.15, 0.2) is 5.69 Å². The molecule has 150 valence electrons. The van der Waals surface area contributed by atoms with Crippen LogP contribution >= 0.6 is 15.9 Å². The van der Waals surface area contributed by atoms with Crippen molar-refractivity contribution >= 4 is 33.9 Å². The van der Waals surface area contributed by atoms with Crippen molar-refractivity contribution in [3.63, 3.8) is 0 Å². The fourth-order valence-electron chi connectivity index (χ4n) is 2.62. The average molecular weight is 469 g/mol. The summed E-state index contributed by atoms with van der Waals surface area (Å²) in [7, 11) is 0. The number of benzene rings is 2. The first-order valence-corrected chi connectivity index (χ1v) is 9.25. The maximum Gasteiger partial charge on any atom is 0.294 e. The molecule has 4 rings (SSSR count). The number of nitrogens with zero attached hydrogens (tertiary/aromatic N) is 6. The van der Waals surface area contributed by atoms with Gasteiger partial charge in [-0.15, -0.1) is 5.10 Å². The first-order chi connectivity index (χ1) is 14.5. The third kappa shape index (κ3) is 3.75. The maximum atomic E-state index is 12.7. The first kappa shape index (κ1) is 19.3. The van der Waals surface area contributed by atoms with Crippen LogP contribution in [0.25, 0.3) is 17.1 Å². The molecule has 0 spiro atoms. The summed E-state index contributed by atoms with van der Waals surface area (Å²) in [5.74, 6) is -0.517. The van der Waals surface area contributed by atoms with Gasteiger partial charge in [0, 0.05) is 15.6 Å². The molecule has 0 bridgehead atoms. The molecular weight excluding hydrogens is 456 g/mol. The highest BCUT2D eigenvalue weighted by Gasteiger charge is 2.24. The number of nitrogens with one attached hydrogen (secondary N) is 1. The van der Waals surface area contributed by atoms with Gasteiger partial charge in [-0.1, -0.05) is 51.5 Å². The molecule has 0 saturated heterocycles. The Kier molecular flexibility index (Phi) is 5.22. The quantitative estimate of drug-likeness (QED) is 0.296. The second-order valence-corrected chi connectivity index (χ2v) is 6.86. The lowest BCUT2D eigenvalue weighted by Crippen LogP contribution is -2.19. The predicted octanol–water partition coefficient (Wildman–Crippen LogP) is 2.13. The van der Waals surface area contributed by atoms with E-state index in [2.05, 4.69) is 51.7 Å². The van der Waals surface area contributed by atoms with E-state index < -0.39 is 5.91 Å². The van der Waals surface area contributed by atoms with Crippen LogP contribution in [0.5, 0.6) is 5.75 Å². The van der Waals surface area contributed by atoms with E-state index in [-0.39, 0.29) is 23.1 Å². The largest absolute Gasteiger partial charge is 0.507 e. The third-order valence-corrected chi connectivity index (χ3v) is 4.48. The number of aromatic nitrogens is 5. The smallest absolute Gasteiger partial charge is 0.294 e. The second kappa shape index (κ2) is 8.13. The number of amides is 1.